The average molecular weight is 251 g/mol. The number of nitrogens with zero attached hydrogens (tertiary/aromatic N) is 4. The zero-order valence-electron chi connectivity index (χ0n) is 12.0. The first-order chi connectivity index (χ1) is 8.58. The molecule has 18 heavy (non-hydrogen) atoms. The number of aromatic nitrogens is 2. The monoisotopic (exact) mass is 251 g/mol. The lowest BCUT2D eigenvalue weighted by Crippen LogP contribution is -2.40. The molecule has 1 fully saturated rings. The van der Waals surface area contributed by atoms with Gasteiger partial charge < -0.3 is 19.7 Å². The fourth-order valence-electron chi connectivity index (χ4n) is 2.48. The third-order valence-corrected chi connectivity index (χ3v) is 3.75. The van der Waals surface area contributed by atoms with Crippen LogP contribution in [0.2, 0.25) is 0 Å². The molecule has 0 aliphatic carbocycles. The summed E-state index contributed by atoms with van der Waals surface area (Å²) in [4.78, 5) is 8.87. The fraction of sp³-hybridized carbons (Fsp3) is 0.769. The molecule has 1 aliphatic heterocycles. The second-order valence-electron chi connectivity index (χ2n) is 5.46. The van der Waals surface area contributed by atoms with Gasteiger partial charge in [0.15, 0.2) is 0 Å². The predicted molar refractivity (Wildman–Crippen MR) is 74.9 cm³/mol. The zero-order valence-corrected chi connectivity index (χ0v) is 12.0. The summed E-state index contributed by atoms with van der Waals surface area (Å²) in [5, 5.41) is 3.65. The third kappa shape index (κ3) is 3.03. The summed E-state index contributed by atoms with van der Waals surface area (Å²) in [6.07, 6.45) is 4.46. The number of rotatable bonds is 4. The van der Waals surface area contributed by atoms with Crippen LogP contribution in [0.1, 0.15) is 18.5 Å². The van der Waals surface area contributed by atoms with Gasteiger partial charge in [-0.15, -0.1) is 0 Å². The van der Waals surface area contributed by atoms with Crippen molar-refractivity contribution in [3.63, 3.8) is 0 Å². The Bertz CT molecular complexity index is 377. The number of piperidine rings is 1. The van der Waals surface area contributed by atoms with Crippen molar-refractivity contribution in [3.8, 4) is 0 Å². The van der Waals surface area contributed by atoms with Crippen molar-refractivity contribution in [1.29, 1.82) is 0 Å². The van der Waals surface area contributed by atoms with E-state index in [0.29, 0.717) is 6.04 Å². The molecule has 1 aliphatic rings. The summed E-state index contributed by atoms with van der Waals surface area (Å²) < 4.78 is 2.15. The molecule has 0 saturated carbocycles. The Morgan fingerprint density at radius 2 is 2.00 bits per heavy atom. The smallest absolute Gasteiger partial charge is 0.204 e. The SMILES string of the molecule is CN1CCC(NCc2cnc(N(C)C)n2C)CC1. The minimum atomic E-state index is 0.652. The van der Waals surface area contributed by atoms with E-state index in [9.17, 15) is 0 Å². The largest absolute Gasteiger partial charge is 0.348 e. The number of hydrogen-bond donors (Lipinski definition) is 1. The number of nitrogens with one attached hydrogen (secondary N) is 1. The molecule has 0 atom stereocenters. The number of imidazole rings is 1. The third-order valence-electron chi connectivity index (χ3n) is 3.75. The van der Waals surface area contributed by atoms with E-state index in [2.05, 4.69) is 33.9 Å². The molecule has 0 bridgehead atoms. The van der Waals surface area contributed by atoms with Crippen LogP contribution in [0.5, 0.6) is 0 Å². The van der Waals surface area contributed by atoms with Crippen LogP contribution < -0.4 is 10.2 Å². The van der Waals surface area contributed by atoms with Crippen molar-refractivity contribution in [3.05, 3.63) is 11.9 Å². The van der Waals surface area contributed by atoms with Crippen molar-refractivity contribution < 1.29 is 0 Å². The van der Waals surface area contributed by atoms with Gasteiger partial charge in [0.2, 0.25) is 5.95 Å². The van der Waals surface area contributed by atoms with Crippen LogP contribution in [-0.4, -0.2) is 54.7 Å². The normalized spacial score (nSPS) is 18.2. The van der Waals surface area contributed by atoms with E-state index in [4.69, 9.17) is 0 Å². The maximum atomic E-state index is 4.43. The van der Waals surface area contributed by atoms with Crippen molar-refractivity contribution in [1.82, 2.24) is 19.8 Å². The van der Waals surface area contributed by atoms with Crippen LogP contribution in [0, 0.1) is 0 Å². The van der Waals surface area contributed by atoms with Gasteiger partial charge in [-0.25, -0.2) is 4.98 Å². The first-order valence-corrected chi connectivity index (χ1v) is 6.67. The Hall–Kier alpha value is -1.07. The van der Waals surface area contributed by atoms with E-state index in [-0.39, 0.29) is 0 Å². The Morgan fingerprint density at radius 1 is 1.33 bits per heavy atom. The highest BCUT2D eigenvalue weighted by molar-refractivity contribution is 5.30. The van der Waals surface area contributed by atoms with Crippen LogP contribution in [0.15, 0.2) is 6.20 Å². The molecule has 1 aromatic heterocycles. The van der Waals surface area contributed by atoms with Crippen molar-refractivity contribution >= 4 is 5.95 Å². The molecule has 1 N–H and O–H groups in total. The van der Waals surface area contributed by atoms with Gasteiger partial charge in [-0.3, -0.25) is 0 Å². The standard InChI is InChI=1S/C13H25N5/c1-16(2)13-15-10-12(18(13)4)9-14-11-5-7-17(3)8-6-11/h10-11,14H,5-9H2,1-4H3. The van der Waals surface area contributed by atoms with E-state index < -0.39 is 0 Å². The van der Waals surface area contributed by atoms with Crippen molar-refractivity contribution in [2.75, 3.05) is 39.1 Å². The summed E-state index contributed by atoms with van der Waals surface area (Å²) in [6.45, 7) is 3.31. The first-order valence-electron chi connectivity index (χ1n) is 6.67. The molecule has 2 rings (SSSR count). The maximum absolute atomic E-state index is 4.43. The molecule has 5 nitrogen and oxygen atoms in total. The molecule has 102 valence electrons. The van der Waals surface area contributed by atoms with E-state index in [0.717, 1.165) is 12.5 Å². The highest BCUT2D eigenvalue weighted by Gasteiger charge is 2.16. The van der Waals surface area contributed by atoms with Crippen molar-refractivity contribution in [2.24, 2.45) is 7.05 Å². The molecule has 2 heterocycles. The second kappa shape index (κ2) is 5.71. The van der Waals surface area contributed by atoms with Gasteiger partial charge in [0, 0.05) is 33.7 Å². The fourth-order valence-corrected chi connectivity index (χ4v) is 2.48. The van der Waals surface area contributed by atoms with Gasteiger partial charge in [0.05, 0.1) is 11.9 Å². The number of likely N-dealkylation sites (tertiary alicyclic amines) is 1. The maximum Gasteiger partial charge on any atom is 0.204 e. The Kier molecular flexibility index (Phi) is 4.24. The van der Waals surface area contributed by atoms with Gasteiger partial charge in [-0.05, 0) is 33.0 Å². The first kappa shape index (κ1) is 13.4. The van der Waals surface area contributed by atoms with Gasteiger partial charge in [-0.2, -0.15) is 0 Å². The van der Waals surface area contributed by atoms with Crippen LogP contribution in [0.25, 0.3) is 0 Å². The van der Waals surface area contributed by atoms with Crippen LogP contribution in [0.3, 0.4) is 0 Å². The van der Waals surface area contributed by atoms with Gasteiger partial charge >= 0.3 is 0 Å². The van der Waals surface area contributed by atoms with Crippen LogP contribution >= 0.6 is 0 Å². The predicted octanol–water partition coefficient (Wildman–Crippen LogP) is 0.670. The van der Waals surface area contributed by atoms with Gasteiger partial charge in [0.25, 0.3) is 0 Å². The van der Waals surface area contributed by atoms with E-state index in [1.165, 1.54) is 31.6 Å². The molecule has 0 radical (unpaired) electrons. The van der Waals surface area contributed by atoms with Gasteiger partial charge in [-0.1, -0.05) is 0 Å². The van der Waals surface area contributed by atoms with E-state index >= 15 is 0 Å². The van der Waals surface area contributed by atoms with Crippen LogP contribution in [0.4, 0.5) is 5.95 Å². The number of anilines is 1. The summed E-state index contributed by atoms with van der Waals surface area (Å²) in [5.74, 6) is 1.01. The minimum absolute atomic E-state index is 0.652. The lowest BCUT2D eigenvalue weighted by Gasteiger charge is -2.29. The lowest BCUT2D eigenvalue weighted by atomic mass is 10.1. The quantitative estimate of drug-likeness (QED) is 0.853. The zero-order chi connectivity index (χ0) is 13.1. The second-order valence-corrected chi connectivity index (χ2v) is 5.46. The summed E-state index contributed by atoms with van der Waals surface area (Å²) in [6, 6.07) is 0.652. The van der Waals surface area contributed by atoms with Crippen LogP contribution in [-0.2, 0) is 13.6 Å². The lowest BCUT2D eigenvalue weighted by molar-refractivity contribution is 0.233. The molecule has 1 aromatic rings. The molecule has 0 spiro atoms. The molecule has 1 saturated heterocycles. The Morgan fingerprint density at radius 3 is 2.56 bits per heavy atom. The Labute approximate surface area is 110 Å². The highest BCUT2D eigenvalue weighted by atomic mass is 15.3. The molecule has 0 unspecified atom stereocenters. The Balaban J connectivity index is 1.87. The average Bonchev–Trinajstić information content (AvgIpc) is 2.70. The molecular formula is C13H25N5. The van der Waals surface area contributed by atoms with E-state index in [1.807, 2.05) is 25.2 Å². The van der Waals surface area contributed by atoms with Gasteiger partial charge in [0.1, 0.15) is 0 Å². The molecule has 5 heteroatoms. The minimum Gasteiger partial charge on any atom is -0.348 e. The van der Waals surface area contributed by atoms with E-state index in [1.54, 1.807) is 0 Å². The molecule has 0 aromatic carbocycles. The summed E-state index contributed by atoms with van der Waals surface area (Å²) in [7, 11) is 8.32. The number of hydrogen-bond acceptors (Lipinski definition) is 4. The molecular weight excluding hydrogens is 226 g/mol. The molecule has 0 amide bonds. The summed E-state index contributed by atoms with van der Waals surface area (Å²) in [5.41, 5.74) is 1.25. The highest BCUT2D eigenvalue weighted by Crippen LogP contribution is 2.13. The summed E-state index contributed by atoms with van der Waals surface area (Å²) >= 11 is 0. The van der Waals surface area contributed by atoms with Crippen molar-refractivity contribution in [2.45, 2.75) is 25.4 Å². The topological polar surface area (TPSA) is 36.3 Å².